The Bertz CT molecular complexity index is 1070. The standard InChI is InChI=1S/C20H18N2O4/c1-25-16-10-12(11-17(26-2)18(16)23)9-13-7-8-22-19(13)21-15-6-4-3-5-14(15)20(22)24/h3-6,9-11,23H,7-8H2,1-2H3. The number of para-hydroxylation sites is 1. The number of rotatable bonds is 3. The monoisotopic (exact) mass is 350 g/mol. The molecule has 0 fully saturated rings. The summed E-state index contributed by atoms with van der Waals surface area (Å²) in [6.07, 6.45) is 2.66. The van der Waals surface area contributed by atoms with Gasteiger partial charge in [0.25, 0.3) is 5.56 Å². The lowest BCUT2D eigenvalue weighted by Crippen LogP contribution is -2.20. The van der Waals surface area contributed by atoms with Crippen LogP contribution in [-0.2, 0) is 6.54 Å². The molecule has 1 aliphatic rings. The minimum Gasteiger partial charge on any atom is -0.502 e. The molecule has 6 nitrogen and oxygen atoms in total. The van der Waals surface area contributed by atoms with Crippen molar-refractivity contribution in [1.82, 2.24) is 9.55 Å². The van der Waals surface area contributed by atoms with Gasteiger partial charge in [-0.2, -0.15) is 0 Å². The van der Waals surface area contributed by atoms with Crippen molar-refractivity contribution < 1.29 is 14.6 Å². The molecule has 4 rings (SSSR count). The molecular weight excluding hydrogens is 332 g/mol. The second-order valence-corrected chi connectivity index (χ2v) is 6.10. The second-order valence-electron chi connectivity index (χ2n) is 6.10. The Morgan fingerprint density at radius 1 is 1.15 bits per heavy atom. The molecular formula is C20H18N2O4. The number of phenols is 1. The number of ether oxygens (including phenoxy) is 2. The van der Waals surface area contributed by atoms with Gasteiger partial charge in [-0.1, -0.05) is 12.1 Å². The summed E-state index contributed by atoms with van der Waals surface area (Å²) < 4.78 is 12.1. The van der Waals surface area contributed by atoms with Gasteiger partial charge < -0.3 is 14.6 Å². The SMILES string of the molecule is COc1cc(C=C2CCn3c2nc2ccccc2c3=O)cc(OC)c1O. The number of allylic oxidation sites excluding steroid dienone is 1. The highest BCUT2D eigenvalue weighted by molar-refractivity contribution is 5.85. The first-order valence-electron chi connectivity index (χ1n) is 8.28. The van der Waals surface area contributed by atoms with Crippen molar-refractivity contribution in [2.45, 2.75) is 13.0 Å². The first-order valence-corrected chi connectivity index (χ1v) is 8.28. The topological polar surface area (TPSA) is 73.6 Å². The summed E-state index contributed by atoms with van der Waals surface area (Å²) in [5.74, 6) is 1.31. The fourth-order valence-corrected chi connectivity index (χ4v) is 3.30. The molecule has 0 spiro atoms. The summed E-state index contributed by atoms with van der Waals surface area (Å²) in [6.45, 7) is 0.601. The van der Waals surface area contributed by atoms with Crippen LogP contribution in [0.1, 0.15) is 17.8 Å². The number of aromatic hydroxyl groups is 1. The third-order valence-corrected chi connectivity index (χ3v) is 4.60. The van der Waals surface area contributed by atoms with Gasteiger partial charge in [-0.05, 0) is 47.9 Å². The second kappa shape index (κ2) is 6.22. The minimum atomic E-state index is -0.0377. The first-order chi connectivity index (χ1) is 12.6. The van der Waals surface area contributed by atoms with E-state index in [0.717, 1.165) is 11.1 Å². The van der Waals surface area contributed by atoms with E-state index in [1.807, 2.05) is 24.3 Å². The molecule has 0 bridgehead atoms. The Labute approximate surface area is 149 Å². The zero-order chi connectivity index (χ0) is 18.3. The van der Waals surface area contributed by atoms with E-state index in [-0.39, 0.29) is 11.3 Å². The molecule has 0 atom stereocenters. The van der Waals surface area contributed by atoms with Crippen molar-refractivity contribution in [2.24, 2.45) is 0 Å². The van der Waals surface area contributed by atoms with Gasteiger partial charge in [-0.25, -0.2) is 4.98 Å². The van der Waals surface area contributed by atoms with Crippen molar-refractivity contribution in [3.63, 3.8) is 0 Å². The van der Waals surface area contributed by atoms with Gasteiger partial charge in [0.1, 0.15) is 5.82 Å². The lowest BCUT2D eigenvalue weighted by Gasteiger charge is -2.10. The number of phenolic OH excluding ortho intramolecular Hbond substituents is 1. The number of methoxy groups -OCH3 is 2. The van der Waals surface area contributed by atoms with E-state index in [0.29, 0.717) is 41.2 Å². The van der Waals surface area contributed by atoms with E-state index in [9.17, 15) is 9.90 Å². The van der Waals surface area contributed by atoms with Crippen LogP contribution in [0.25, 0.3) is 22.6 Å². The molecule has 26 heavy (non-hydrogen) atoms. The molecule has 0 amide bonds. The molecule has 3 aromatic rings. The Morgan fingerprint density at radius 2 is 1.85 bits per heavy atom. The van der Waals surface area contributed by atoms with Crippen LogP contribution in [0.5, 0.6) is 17.2 Å². The van der Waals surface area contributed by atoms with Crippen molar-refractivity contribution in [3.05, 3.63) is 58.1 Å². The number of benzene rings is 2. The van der Waals surface area contributed by atoms with Crippen LogP contribution in [-0.4, -0.2) is 28.9 Å². The summed E-state index contributed by atoms with van der Waals surface area (Å²) in [5.41, 5.74) is 2.44. The summed E-state index contributed by atoms with van der Waals surface area (Å²) in [4.78, 5) is 17.4. The molecule has 0 saturated carbocycles. The first kappa shape index (κ1) is 16.2. The maximum atomic E-state index is 12.7. The minimum absolute atomic E-state index is 0.0186. The lowest BCUT2D eigenvalue weighted by molar-refractivity contribution is 0.340. The molecule has 132 valence electrons. The molecule has 1 aromatic heterocycles. The van der Waals surface area contributed by atoms with E-state index in [4.69, 9.17) is 9.47 Å². The van der Waals surface area contributed by atoms with Crippen LogP contribution in [0, 0.1) is 0 Å². The fourth-order valence-electron chi connectivity index (χ4n) is 3.30. The van der Waals surface area contributed by atoms with Crippen LogP contribution in [0.15, 0.2) is 41.2 Å². The highest BCUT2D eigenvalue weighted by Gasteiger charge is 2.21. The highest BCUT2D eigenvalue weighted by atomic mass is 16.5. The van der Waals surface area contributed by atoms with Crippen LogP contribution in [0.4, 0.5) is 0 Å². The van der Waals surface area contributed by atoms with Gasteiger partial charge in [0, 0.05) is 6.54 Å². The average Bonchev–Trinajstić information content (AvgIpc) is 3.06. The van der Waals surface area contributed by atoms with Gasteiger partial charge >= 0.3 is 0 Å². The Kier molecular flexibility index (Phi) is 3.88. The molecule has 0 aliphatic carbocycles. The number of aromatic nitrogens is 2. The summed E-state index contributed by atoms with van der Waals surface area (Å²) in [5, 5.41) is 10.7. The number of fused-ring (bicyclic) bond motifs is 2. The largest absolute Gasteiger partial charge is 0.502 e. The molecule has 2 heterocycles. The maximum Gasteiger partial charge on any atom is 0.261 e. The van der Waals surface area contributed by atoms with Crippen LogP contribution in [0.3, 0.4) is 0 Å². The number of nitrogens with zero attached hydrogens (tertiary/aromatic N) is 2. The zero-order valence-electron chi connectivity index (χ0n) is 14.5. The quantitative estimate of drug-likeness (QED) is 0.786. The predicted octanol–water partition coefficient (Wildman–Crippen LogP) is 3.06. The van der Waals surface area contributed by atoms with E-state index in [1.54, 1.807) is 22.8 Å². The lowest BCUT2D eigenvalue weighted by atomic mass is 10.1. The molecule has 1 aliphatic heterocycles. The van der Waals surface area contributed by atoms with Gasteiger partial charge in [0.2, 0.25) is 5.75 Å². The third-order valence-electron chi connectivity index (χ3n) is 4.60. The number of hydrogen-bond acceptors (Lipinski definition) is 5. The van der Waals surface area contributed by atoms with Gasteiger partial charge in [0.15, 0.2) is 11.5 Å². The van der Waals surface area contributed by atoms with E-state index in [1.165, 1.54) is 14.2 Å². The third kappa shape index (κ3) is 2.50. The molecule has 6 heteroatoms. The Balaban J connectivity index is 1.87. The maximum absolute atomic E-state index is 12.7. The Morgan fingerprint density at radius 3 is 2.54 bits per heavy atom. The molecule has 0 saturated heterocycles. The zero-order valence-corrected chi connectivity index (χ0v) is 14.5. The van der Waals surface area contributed by atoms with E-state index < -0.39 is 0 Å². The average molecular weight is 350 g/mol. The smallest absolute Gasteiger partial charge is 0.261 e. The van der Waals surface area contributed by atoms with Crippen LogP contribution in [0.2, 0.25) is 0 Å². The number of hydrogen-bond donors (Lipinski definition) is 1. The fraction of sp³-hybridized carbons (Fsp3) is 0.200. The van der Waals surface area contributed by atoms with Crippen LogP contribution >= 0.6 is 0 Å². The van der Waals surface area contributed by atoms with Gasteiger partial charge in [0.05, 0.1) is 25.1 Å². The van der Waals surface area contributed by atoms with Crippen molar-refractivity contribution in [3.8, 4) is 17.2 Å². The normalized spacial score (nSPS) is 14.6. The molecule has 2 aromatic carbocycles. The van der Waals surface area contributed by atoms with Crippen molar-refractivity contribution in [1.29, 1.82) is 0 Å². The van der Waals surface area contributed by atoms with Crippen molar-refractivity contribution in [2.75, 3.05) is 14.2 Å². The summed E-state index contributed by atoms with van der Waals surface area (Å²) in [7, 11) is 2.98. The van der Waals surface area contributed by atoms with E-state index >= 15 is 0 Å². The van der Waals surface area contributed by atoms with Crippen molar-refractivity contribution >= 4 is 22.6 Å². The predicted molar refractivity (Wildman–Crippen MR) is 99.7 cm³/mol. The van der Waals surface area contributed by atoms with Gasteiger partial charge in [-0.3, -0.25) is 9.36 Å². The Hall–Kier alpha value is -3.28. The molecule has 0 radical (unpaired) electrons. The summed E-state index contributed by atoms with van der Waals surface area (Å²) in [6, 6.07) is 10.8. The molecule has 1 N–H and O–H groups in total. The van der Waals surface area contributed by atoms with Gasteiger partial charge in [-0.15, -0.1) is 0 Å². The van der Waals surface area contributed by atoms with E-state index in [2.05, 4.69) is 4.98 Å². The molecule has 0 unspecified atom stereocenters. The summed E-state index contributed by atoms with van der Waals surface area (Å²) >= 11 is 0. The van der Waals surface area contributed by atoms with Crippen LogP contribution < -0.4 is 15.0 Å². The highest BCUT2D eigenvalue weighted by Crippen LogP contribution is 2.38.